The second-order valence-electron chi connectivity index (χ2n) is 4.55. The van der Waals surface area contributed by atoms with Crippen molar-refractivity contribution in [2.24, 2.45) is 0 Å². The maximum atomic E-state index is 13.4. The van der Waals surface area contributed by atoms with Gasteiger partial charge in [-0.2, -0.15) is 24.5 Å². The van der Waals surface area contributed by atoms with Gasteiger partial charge in [-0.1, -0.05) is 18.2 Å². The van der Waals surface area contributed by atoms with Gasteiger partial charge >= 0.3 is 0 Å². The first-order chi connectivity index (χ1) is 10.1. The molecule has 0 saturated carbocycles. The lowest BCUT2D eigenvalue weighted by Crippen LogP contribution is -2.47. The van der Waals surface area contributed by atoms with E-state index in [2.05, 4.69) is 4.72 Å². The first kappa shape index (κ1) is 16.7. The molecular weight excluding hydrogens is 315 g/mol. The Bertz CT molecular complexity index is 548. The maximum Gasteiger partial charge on any atom is 0.279 e. The Morgan fingerprint density at radius 1 is 1.29 bits per heavy atom. The third kappa shape index (κ3) is 5.23. The molecule has 0 amide bonds. The van der Waals surface area contributed by atoms with Crippen LogP contribution in [0.4, 0.5) is 4.39 Å². The molecule has 1 saturated heterocycles. The zero-order chi connectivity index (χ0) is 15.1. The Morgan fingerprint density at radius 2 is 2.00 bits per heavy atom. The van der Waals surface area contributed by atoms with E-state index in [-0.39, 0.29) is 5.82 Å². The van der Waals surface area contributed by atoms with Gasteiger partial charge in [-0.25, -0.2) is 9.11 Å². The molecule has 118 valence electrons. The molecule has 0 atom stereocenters. The summed E-state index contributed by atoms with van der Waals surface area (Å²) in [6.45, 7) is 1.97. The van der Waals surface area contributed by atoms with Crippen LogP contribution in [-0.2, 0) is 20.7 Å². The molecule has 5 nitrogen and oxygen atoms in total. The van der Waals surface area contributed by atoms with Gasteiger partial charge in [-0.15, -0.1) is 0 Å². The van der Waals surface area contributed by atoms with Crippen LogP contribution in [-0.4, -0.2) is 51.3 Å². The van der Waals surface area contributed by atoms with E-state index in [4.69, 9.17) is 4.74 Å². The molecule has 1 aromatic carbocycles. The van der Waals surface area contributed by atoms with Gasteiger partial charge in [0.15, 0.2) is 0 Å². The highest BCUT2D eigenvalue weighted by atomic mass is 32.2. The predicted molar refractivity (Wildman–Crippen MR) is 81.9 cm³/mol. The second kappa shape index (κ2) is 8.09. The molecule has 2 rings (SSSR count). The molecule has 21 heavy (non-hydrogen) atoms. The number of benzene rings is 1. The molecule has 1 aliphatic heterocycles. The summed E-state index contributed by atoms with van der Waals surface area (Å²) in [6.07, 6.45) is 0. The van der Waals surface area contributed by atoms with Crippen molar-refractivity contribution >= 4 is 22.0 Å². The van der Waals surface area contributed by atoms with E-state index in [1.807, 2.05) is 0 Å². The van der Waals surface area contributed by atoms with Gasteiger partial charge in [0.2, 0.25) is 0 Å². The molecule has 1 aliphatic rings. The van der Waals surface area contributed by atoms with Crippen LogP contribution in [0.5, 0.6) is 0 Å². The number of hydrogen-bond donors (Lipinski definition) is 1. The first-order valence-corrected chi connectivity index (χ1v) is 9.33. The van der Waals surface area contributed by atoms with E-state index in [0.717, 1.165) is 0 Å². The molecule has 1 heterocycles. The van der Waals surface area contributed by atoms with Gasteiger partial charge in [0, 0.05) is 31.1 Å². The number of ether oxygens (including phenoxy) is 1. The van der Waals surface area contributed by atoms with Crippen LogP contribution in [0.15, 0.2) is 24.3 Å². The van der Waals surface area contributed by atoms with Crippen LogP contribution in [0.1, 0.15) is 5.56 Å². The lowest BCUT2D eigenvalue weighted by atomic mass is 10.2. The highest BCUT2D eigenvalue weighted by molar-refractivity contribution is 7.98. The monoisotopic (exact) mass is 334 g/mol. The van der Waals surface area contributed by atoms with Crippen molar-refractivity contribution in [3.63, 3.8) is 0 Å². The quantitative estimate of drug-likeness (QED) is 0.762. The summed E-state index contributed by atoms with van der Waals surface area (Å²) < 4.78 is 46.4. The van der Waals surface area contributed by atoms with Gasteiger partial charge < -0.3 is 4.74 Å². The molecule has 1 N–H and O–H groups in total. The topological polar surface area (TPSA) is 58.6 Å². The van der Waals surface area contributed by atoms with E-state index in [1.54, 1.807) is 18.2 Å². The molecule has 1 fully saturated rings. The summed E-state index contributed by atoms with van der Waals surface area (Å²) in [5.41, 5.74) is 0.638. The minimum Gasteiger partial charge on any atom is -0.379 e. The number of morpholine rings is 1. The number of thioether (sulfide) groups is 1. The molecule has 0 bridgehead atoms. The van der Waals surface area contributed by atoms with Gasteiger partial charge in [0.25, 0.3) is 10.2 Å². The minimum atomic E-state index is -3.42. The van der Waals surface area contributed by atoms with Crippen LogP contribution in [0.3, 0.4) is 0 Å². The number of rotatable bonds is 7. The molecular formula is C13H19FN2O3S2. The average Bonchev–Trinajstić information content (AvgIpc) is 2.49. The lowest BCUT2D eigenvalue weighted by molar-refractivity contribution is 0.0725. The van der Waals surface area contributed by atoms with E-state index >= 15 is 0 Å². The summed E-state index contributed by atoms with van der Waals surface area (Å²) in [7, 11) is -3.42. The smallest absolute Gasteiger partial charge is 0.279 e. The Labute approximate surface area is 129 Å². The third-order valence-electron chi connectivity index (χ3n) is 3.06. The van der Waals surface area contributed by atoms with Crippen molar-refractivity contribution < 1.29 is 17.5 Å². The van der Waals surface area contributed by atoms with E-state index < -0.39 is 10.2 Å². The molecule has 1 aromatic rings. The fraction of sp³-hybridized carbons (Fsp3) is 0.538. The lowest BCUT2D eigenvalue weighted by Gasteiger charge is -2.26. The summed E-state index contributed by atoms with van der Waals surface area (Å²) >= 11 is 1.50. The van der Waals surface area contributed by atoms with Gasteiger partial charge in [0.1, 0.15) is 5.82 Å². The average molecular weight is 334 g/mol. The molecule has 0 radical (unpaired) electrons. The SMILES string of the molecule is O=S(=O)(NCCSCc1ccccc1F)N1CCOCC1. The van der Waals surface area contributed by atoms with Crippen LogP contribution >= 0.6 is 11.8 Å². The number of nitrogens with zero attached hydrogens (tertiary/aromatic N) is 1. The van der Waals surface area contributed by atoms with E-state index in [1.165, 1.54) is 22.1 Å². The Hall–Kier alpha value is -0.670. The summed E-state index contributed by atoms with van der Waals surface area (Å²) in [5, 5.41) is 0. The van der Waals surface area contributed by atoms with Crippen LogP contribution < -0.4 is 4.72 Å². The Kier molecular flexibility index (Phi) is 6.43. The maximum absolute atomic E-state index is 13.4. The van der Waals surface area contributed by atoms with Gasteiger partial charge in [-0.05, 0) is 11.6 Å². The molecule has 0 spiro atoms. The zero-order valence-electron chi connectivity index (χ0n) is 11.6. The normalized spacial score (nSPS) is 17.0. The predicted octanol–water partition coefficient (Wildman–Crippen LogP) is 1.23. The van der Waals surface area contributed by atoms with Crippen molar-refractivity contribution in [3.05, 3.63) is 35.6 Å². The largest absolute Gasteiger partial charge is 0.379 e. The number of hydrogen-bond acceptors (Lipinski definition) is 4. The third-order valence-corrected chi connectivity index (χ3v) is 5.68. The van der Waals surface area contributed by atoms with Gasteiger partial charge in [-0.3, -0.25) is 0 Å². The Morgan fingerprint density at radius 3 is 2.71 bits per heavy atom. The van der Waals surface area contributed by atoms with Crippen molar-refractivity contribution in [1.82, 2.24) is 9.03 Å². The molecule has 8 heteroatoms. The highest BCUT2D eigenvalue weighted by Gasteiger charge is 2.23. The van der Waals surface area contributed by atoms with Crippen molar-refractivity contribution in [3.8, 4) is 0 Å². The highest BCUT2D eigenvalue weighted by Crippen LogP contribution is 2.14. The fourth-order valence-corrected chi connectivity index (χ4v) is 4.06. The minimum absolute atomic E-state index is 0.223. The number of halogens is 1. The van der Waals surface area contributed by atoms with Crippen molar-refractivity contribution in [2.75, 3.05) is 38.6 Å². The van der Waals surface area contributed by atoms with Crippen LogP contribution in [0.2, 0.25) is 0 Å². The summed E-state index contributed by atoms with van der Waals surface area (Å²) in [4.78, 5) is 0. The molecule has 0 unspecified atom stereocenters. The van der Waals surface area contributed by atoms with Crippen LogP contribution in [0.25, 0.3) is 0 Å². The van der Waals surface area contributed by atoms with Gasteiger partial charge in [0.05, 0.1) is 13.2 Å². The fourth-order valence-electron chi connectivity index (χ4n) is 1.92. The Balaban J connectivity index is 1.68. The molecule has 0 aromatic heterocycles. The zero-order valence-corrected chi connectivity index (χ0v) is 13.3. The number of nitrogens with one attached hydrogen (secondary N) is 1. The summed E-state index contributed by atoms with van der Waals surface area (Å²) in [5.74, 6) is 0.906. The van der Waals surface area contributed by atoms with E-state index in [9.17, 15) is 12.8 Å². The second-order valence-corrected chi connectivity index (χ2v) is 7.42. The molecule has 0 aliphatic carbocycles. The first-order valence-electron chi connectivity index (χ1n) is 6.73. The van der Waals surface area contributed by atoms with Crippen molar-refractivity contribution in [2.45, 2.75) is 5.75 Å². The van der Waals surface area contributed by atoms with E-state index in [0.29, 0.717) is 49.9 Å². The standard InChI is InChI=1S/C13H19FN2O3S2/c14-13-4-2-1-3-12(13)11-20-10-5-15-21(17,18)16-6-8-19-9-7-16/h1-4,15H,5-11H2. The summed E-state index contributed by atoms with van der Waals surface area (Å²) in [6, 6.07) is 6.61. The van der Waals surface area contributed by atoms with Crippen LogP contribution in [0, 0.1) is 5.82 Å². The van der Waals surface area contributed by atoms with Crippen molar-refractivity contribution in [1.29, 1.82) is 0 Å².